The van der Waals surface area contributed by atoms with Crippen LogP contribution in [0.15, 0.2) is 54.9 Å². The SMILES string of the molecule is Ic1ccc2ncnc(N3CCN(Cc4ccccc4)CC3)c2c1. The number of anilines is 1. The molecule has 0 N–H and O–H groups in total. The van der Waals surface area contributed by atoms with Gasteiger partial charge < -0.3 is 4.90 Å². The minimum Gasteiger partial charge on any atom is -0.353 e. The van der Waals surface area contributed by atoms with Crippen LogP contribution >= 0.6 is 22.6 Å². The average molecular weight is 430 g/mol. The summed E-state index contributed by atoms with van der Waals surface area (Å²) in [7, 11) is 0. The Kier molecular flexibility index (Phi) is 4.62. The smallest absolute Gasteiger partial charge is 0.140 e. The number of rotatable bonds is 3. The molecular formula is C19H19IN4. The van der Waals surface area contributed by atoms with E-state index in [1.807, 2.05) is 0 Å². The summed E-state index contributed by atoms with van der Waals surface area (Å²) in [5, 5.41) is 1.15. The van der Waals surface area contributed by atoms with E-state index in [-0.39, 0.29) is 0 Å². The van der Waals surface area contributed by atoms with Crippen LogP contribution in [0.25, 0.3) is 10.9 Å². The fourth-order valence-electron chi connectivity index (χ4n) is 3.23. The van der Waals surface area contributed by atoms with E-state index in [2.05, 4.69) is 90.9 Å². The van der Waals surface area contributed by atoms with Crippen LogP contribution in [0.3, 0.4) is 0 Å². The monoisotopic (exact) mass is 430 g/mol. The second-order valence-corrected chi connectivity index (χ2v) is 7.35. The number of hydrogen-bond donors (Lipinski definition) is 0. The molecule has 24 heavy (non-hydrogen) atoms. The molecule has 0 atom stereocenters. The summed E-state index contributed by atoms with van der Waals surface area (Å²) in [6.45, 7) is 5.15. The summed E-state index contributed by atoms with van der Waals surface area (Å²) in [5.41, 5.74) is 2.40. The van der Waals surface area contributed by atoms with Crippen molar-refractivity contribution in [1.29, 1.82) is 0 Å². The van der Waals surface area contributed by atoms with Crippen LogP contribution in [-0.4, -0.2) is 41.0 Å². The van der Waals surface area contributed by atoms with E-state index in [1.165, 1.54) is 9.13 Å². The molecule has 1 aliphatic heterocycles. The third kappa shape index (κ3) is 3.37. The van der Waals surface area contributed by atoms with Gasteiger partial charge in [0.15, 0.2) is 0 Å². The predicted molar refractivity (Wildman–Crippen MR) is 106 cm³/mol. The molecule has 1 aliphatic rings. The van der Waals surface area contributed by atoms with Gasteiger partial charge in [0.2, 0.25) is 0 Å². The van der Waals surface area contributed by atoms with E-state index in [0.29, 0.717) is 0 Å². The molecule has 1 saturated heterocycles. The van der Waals surface area contributed by atoms with Gasteiger partial charge in [-0.15, -0.1) is 0 Å². The Labute approximate surface area is 155 Å². The molecule has 0 unspecified atom stereocenters. The molecule has 1 fully saturated rings. The molecule has 0 amide bonds. The Morgan fingerprint density at radius 2 is 1.71 bits per heavy atom. The third-order valence-corrected chi connectivity index (χ3v) is 5.17. The van der Waals surface area contributed by atoms with Gasteiger partial charge in [-0.3, -0.25) is 4.90 Å². The molecule has 0 saturated carbocycles. The Morgan fingerprint density at radius 1 is 0.917 bits per heavy atom. The van der Waals surface area contributed by atoms with E-state index in [0.717, 1.165) is 49.4 Å². The molecule has 4 nitrogen and oxygen atoms in total. The molecule has 4 rings (SSSR count). The number of benzene rings is 2. The van der Waals surface area contributed by atoms with Crippen molar-refractivity contribution >= 4 is 39.3 Å². The predicted octanol–water partition coefficient (Wildman–Crippen LogP) is 3.56. The molecule has 122 valence electrons. The van der Waals surface area contributed by atoms with Gasteiger partial charge in [-0.1, -0.05) is 30.3 Å². The van der Waals surface area contributed by atoms with Crippen LogP contribution < -0.4 is 4.90 Å². The maximum Gasteiger partial charge on any atom is 0.140 e. The van der Waals surface area contributed by atoms with Gasteiger partial charge in [-0.2, -0.15) is 0 Å². The Bertz CT molecular complexity index is 829. The maximum atomic E-state index is 4.57. The van der Waals surface area contributed by atoms with Crippen LogP contribution in [0, 0.1) is 3.57 Å². The molecule has 3 aromatic rings. The van der Waals surface area contributed by atoms with Gasteiger partial charge in [0.25, 0.3) is 0 Å². The van der Waals surface area contributed by atoms with Crippen LogP contribution in [0.1, 0.15) is 5.56 Å². The highest BCUT2D eigenvalue weighted by Gasteiger charge is 2.20. The quantitative estimate of drug-likeness (QED) is 0.595. The summed E-state index contributed by atoms with van der Waals surface area (Å²) in [4.78, 5) is 13.9. The van der Waals surface area contributed by atoms with Crippen molar-refractivity contribution in [3.8, 4) is 0 Å². The van der Waals surface area contributed by atoms with E-state index in [1.54, 1.807) is 6.33 Å². The van der Waals surface area contributed by atoms with Crippen LogP contribution in [-0.2, 0) is 6.54 Å². The normalized spacial score (nSPS) is 15.8. The minimum absolute atomic E-state index is 1.00. The van der Waals surface area contributed by atoms with Gasteiger partial charge in [-0.05, 0) is 46.4 Å². The van der Waals surface area contributed by atoms with Gasteiger partial charge in [0.05, 0.1) is 5.52 Å². The zero-order valence-corrected chi connectivity index (χ0v) is 15.6. The second-order valence-electron chi connectivity index (χ2n) is 6.11. The summed E-state index contributed by atoms with van der Waals surface area (Å²) >= 11 is 2.35. The lowest BCUT2D eigenvalue weighted by Crippen LogP contribution is -2.46. The van der Waals surface area contributed by atoms with Gasteiger partial charge in [-0.25, -0.2) is 9.97 Å². The highest BCUT2D eigenvalue weighted by molar-refractivity contribution is 14.1. The largest absolute Gasteiger partial charge is 0.353 e. The van der Waals surface area contributed by atoms with Gasteiger partial charge >= 0.3 is 0 Å². The number of nitrogens with zero attached hydrogens (tertiary/aromatic N) is 4. The molecule has 5 heteroatoms. The Hall–Kier alpha value is -1.73. The van der Waals surface area contributed by atoms with Crippen molar-refractivity contribution in [1.82, 2.24) is 14.9 Å². The van der Waals surface area contributed by atoms with E-state index >= 15 is 0 Å². The average Bonchev–Trinajstić information content (AvgIpc) is 2.63. The standard InChI is InChI=1S/C19H19IN4/c20-16-6-7-18-17(12-16)19(22-14-21-18)24-10-8-23(9-11-24)13-15-4-2-1-3-5-15/h1-7,12,14H,8-11,13H2. The number of fused-ring (bicyclic) bond motifs is 1. The third-order valence-electron chi connectivity index (χ3n) is 4.50. The summed E-state index contributed by atoms with van der Waals surface area (Å²) in [6, 6.07) is 17.1. The van der Waals surface area contributed by atoms with Crippen molar-refractivity contribution in [2.75, 3.05) is 31.1 Å². The number of halogens is 1. The molecule has 2 heterocycles. The summed E-state index contributed by atoms with van der Waals surface area (Å²) in [5.74, 6) is 1.07. The van der Waals surface area contributed by atoms with Crippen molar-refractivity contribution in [3.63, 3.8) is 0 Å². The first-order valence-electron chi connectivity index (χ1n) is 8.21. The first-order valence-corrected chi connectivity index (χ1v) is 9.29. The van der Waals surface area contributed by atoms with Crippen molar-refractivity contribution in [2.24, 2.45) is 0 Å². The molecule has 0 spiro atoms. The molecule has 0 bridgehead atoms. The molecule has 2 aromatic carbocycles. The maximum absolute atomic E-state index is 4.57. The highest BCUT2D eigenvalue weighted by Crippen LogP contribution is 2.25. The first-order chi connectivity index (χ1) is 11.8. The molecule has 0 radical (unpaired) electrons. The zero-order valence-electron chi connectivity index (χ0n) is 13.4. The lowest BCUT2D eigenvalue weighted by atomic mass is 10.2. The van der Waals surface area contributed by atoms with Crippen molar-refractivity contribution < 1.29 is 0 Å². The topological polar surface area (TPSA) is 32.3 Å². The minimum atomic E-state index is 1.00. The number of aromatic nitrogens is 2. The van der Waals surface area contributed by atoms with E-state index < -0.39 is 0 Å². The molecule has 0 aliphatic carbocycles. The van der Waals surface area contributed by atoms with E-state index in [4.69, 9.17) is 0 Å². The second kappa shape index (κ2) is 7.03. The van der Waals surface area contributed by atoms with Crippen LogP contribution in [0.2, 0.25) is 0 Å². The molecule has 1 aromatic heterocycles. The lowest BCUT2D eigenvalue weighted by molar-refractivity contribution is 0.249. The molecular weight excluding hydrogens is 411 g/mol. The summed E-state index contributed by atoms with van der Waals surface area (Å²) < 4.78 is 1.22. The van der Waals surface area contributed by atoms with Gasteiger partial charge in [0, 0.05) is 41.7 Å². The Balaban J connectivity index is 1.49. The number of piperazine rings is 1. The zero-order chi connectivity index (χ0) is 16.4. The fourth-order valence-corrected chi connectivity index (χ4v) is 3.72. The number of hydrogen-bond acceptors (Lipinski definition) is 4. The first kappa shape index (κ1) is 15.8. The fraction of sp³-hybridized carbons (Fsp3) is 0.263. The van der Waals surface area contributed by atoms with Crippen LogP contribution in [0.5, 0.6) is 0 Å². The van der Waals surface area contributed by atoms with Crippen molar-refractivity contribution in [3.05, 3.63) is 64.0 Å². The summed E-state index contributed by atoms with van der Waals surface area (Å²) in [6.07, 6.45) is 1.68. The van der Waals surface area contributed by atoms with Crippen molar-refractivity contribution in [2.45, 2.75) is 6.54 Å². The van der Waals surface area contributed by atoms with E-state index in [9.17, 15) is 0 Å². The lowest BCUT2D eigenvalue weighted by Gasteiger charge is -2.35. The highest BCUT2D eigenvalue weighted by atomic mass is 127. The van der Waals surface area contributed by atoms with Gasteiger partial charge in [0.1, 0.15) is 12.1 Å². The Morgan fingerprint density at radius 3 is 2.50 bits per heavy atom. The van der Waals surface area contributed by atoms with Crippen LogP contribution in [0.4, 0.5) is 5.82 Å².